The van der Waals surface area contributed by atoms with Gasteiger partial charge in [-0.15, -0.1) is 0 Å². The van der Waals surface area contributed by atoms with Crippen LogP contribution in [0.1, 0.15) is 5.82 Å². The number of nitrogens with zero attached hydrogens (tertiary/aromatic N) is 4. The van der Waals surface area contributed by atoms with Crippen molar-refractivity contribution in [2.24, 2.45) is 5.92 Å². The molecule has 0 bridgehead atoms. The molecule has 0 saturated heterocycles. The molecule has 0 aromatic carbocycles. The fourth-order valence-corrected chi connectivity index (χ4v) is 2.30. The predicted octanol–water partition coefficient (Wildman–Crippen LogP) is -0.141. The second-order valence-electron chi connectivity index (χ2n) is 4.54. The minimum atomic E-state index is -0.0485. The Morgan fingerprint density at radius 1 is 1.44 bits per heavy atom. The summed E-state index contributed by atoms with van der Waals surface area (Å²) in [5, 5.41) is 7.45. The van der Waals surface area contributed by atoms with Gasteiger partial charge < -0.3 is 9.88 Å². The number of hydrogen-bond acceptors (Lipinski definition) is 4. The first-order valence-corrected chi connectivity index (χ1v) is 6.06. The van der Waals surface area contributed by atoms with Crippen LogP contribution >= 0.6 is 0 Å². The minimum Gasteiger partial charge on any atom is -0.333 e. The summed E-state index contributed by atoms with van der Waals surface area (Å²) < 4.78 is 3.66. The summed E-state index contributed by atoms with van der Waals surface area (Å²) in [6, 6.07) is 3.21. The van der Waals surface area contributed by atoms with Crippen LogP contribution in [0.15, 0.2) is 35.5 Å². The maximum atomic E-state index is 11.6. The van der Waals surface area contributed by atoms with Crippen molar-refractivity contribution in [3.05, 3.63) is 46.9 Å². The van der Waals surface area contributed by atoms with E-state index in [2.05, 4.69) is 20.0 Å². The monoisotopic (exact) mass is 245 g/mol. The van der Waals surface area contributed by atoms with Crippen LogP contribution in [0.2, 0.25) is 0 Å². The molecular weight excluding hydrogens is 230 g/mol. The first-order chi connectivity index (χ1) is 8.83. The van der Waals surface area contributed by atoms with Crippen molar-refractivity contribution < 1.29 is 0 Å². The lowest BCUT2D eigenvalue weighted by Gasteiger charge is -2.15. The molecule has 6 heteroatoms. The average molecular weight is 245 g/mol. The summed E-state index contributed by atoms with van der Waals surface area (Å²) in [4.78, 5) is 15.9. The fourth-order valence-electron chi connectivity index (χ4n) is 2.30. The van der Waals surface area contributed by atoms with Crippen LogP contribution in [0, 0.1) is 5.92 Å². The summed E-state index contributed by atoms with van der Waals surface area (Å²) in [5.41, 5.74) is -0.0485. The highest BCUT2D eigenvalue weighted by Crippen LogP contribution is 2.10. The van der Waals surface area contributed by atoms with Crippen LogP contribution in [-0.2, 0) is 19.6 Å². The number of fused-ring (bicyclic) bond motifs is 1. The first-order valence-electron chi connectivity index (χ1n) is 6.06. The van der Waals surface area contributed by atoms with Gasteiger partial charge in [0.05, 0.1) is 13.1 Å². The Balaban J connectivity index is 1.78. The van der Waals surface area contributed by atoms with E-state index in [4.69, 9.17) is 0 Å². The van der Waals surface area contributed by atoms with Crippen molar-refractivity contribution >= 4 is 0 Å². The molecule has 1 aliphatic heterocycles. The van der Waals surface area contributed by atoms with E-state index in [0.717, 1.165) is 25.5 Å². The normalized spacial score (nSPS) is 19.2. The molecule has 2 aromatic heterocycles. The second-order valence-corrected chi connectivity index (χ2v) is 4.54. The van der Waals surface area contributed by atoms with Gasteiger partial charge in [0.1, 0.15) is 5.82 Å². The molecule has 1 unspecified atom stereocenters. The molecule has 3 rings (SSSR count). The fraction of sp³-hybridized carbons (Fsp3) is 0.417. The summed E-state index contributed by atoms with van der Waals surface area (Å²) in [6.45, 7) is 3.14. The molecule has 1 atom stereocenters. The Labute approximate surface area is 104 Å². The molecule has 0 aliphatic carbocycles. The largest absolute Gasteiger partial charge is 0.333 e. The average Bonchev–Trinajstić information content (AvgIpc) is 2.71. The Morgan fingerprint density at radius 3 is 3.28 bits per heavy atom. The molecule has 3 heterocycles. The van der Waals surface area contributed by atoms with Gasteiger partial charge in [0, 0.05) is 43.7 Å². The molecule has 0 spiro atoms. The quantitative estimate of drug-likeness (QED) is 0.800. The molecule has 0 amide bonds. The van der Waals surface area contributed by atoms with Gasteiger partial charge in [0.15, 0.2) is 0 Å². The molecule has 6 nitrogen and oxygen atoms in total. The minimum absolute atomic E-state index is 0.0485. The van der Waals surface area contributed by atoms with Crippen molar-refractivity contribution in [2.45, 2.75) is 19.6 Å². The van der Waals surface area contributed by atoms with Gasteiger partial charge in [0.2, 0.25) is 0 Å². The third-order valence-corrected chi connectivity index (χ3v) is 3.19. The van der Waals surface area contributed by atoms with Crippen LogP contribution in [0.3, 0.4) is 0 Å². The van der Waals surface area contributed by atoms with E-state index in [1.165, 1.54) is 4.68 Å². The van der Waals surface area contributed by atoms with Gasteiger partial charge >= 0.3 is 0 Å². The topological polar surface area (TPSA) is 64.7 Å². The molecule has 0 saturated carbocycles. The highest BCUT2D eigenvalue weighted by molar-refractivity contribution is 4.95. The molecule has 94 valence electrons. The van der Waals surface area contributed by atoms with Crippen molar-refractivity contribution in [1.82, 2.24) is 24.6 Å². The molecule has 2 aromatic rings. The summed E-state index contributed by atoms with van der Waals surface area (Å²) in [5.74, 6) is 1.39. The zero-order chi connectivity index (χ0) is 12.4. The first kappa shape index (κ1) is 11.2. The molecule has 0 radical (unpaired) electrons. The van der Waals surface area contributed by atoms with E-state index in [1.807, 2.05) is 12.4 Å². The van der Waals surface area contributed by atoms with Crippen LogP contribution in [-0.4, -0.2) is 25.9 Å². The number of rotatable bonds is 2. The van der Waals surface area contributed by atoms with Gasteiger partial charge in [-0.25, -0.2) is 9.67 Å². The molecule has 18 heavy (non-hydrogen) atoms. The summed E-state index contributed by atoms with van der Waals surface area (Å²) >= 11 is 0. The van der Waals surface area contributed by atoms with E-state index in [0.29, 0.717) is 12.5 Å². The Morgan fingerprint density at radius 2 is 2.39 bits per heavy atom. The SMILES string of the molecule is O=c1cccnn1CC1CNCc2nccn2C1. The van der Waals surface area contributed by atoms with Crippen molar-refractivity contribution in [2.75, 3.05) is 6.54 Å². The summed E-state index contributed by atoms with van der Waals surface area (Å²) in [7, 11) is 0. The maximum absolute atomic E-state index is 11.6. The van der Waals surface area contributed by atoms with Crippen LogP contribution in [0.25, 0.3) is 0 Å². The maximum Gasteiger partial charge on any atom is 0.266 e. The van der Waals surface area contributed by atoms with E-state index >= 15 is 0 Å². The highest BCUT2D eigenvalue weighted by atomic mass is 16.1. The Bertz CT molecular complexity index is 588. The number of hydrogen-bond donors (Lipinski definition) is 1. The lowest BCUT2D eigenvalue weighted by Crippen LogP contribution is -2.31. The zero-order valence-electron chi connectivity index (χ0n) is 9.99. The summed E-state index contributed by atoms with van der Waals surface area (Å²) in [6.07, 6.45) is 5.44. The highest BCUT2D eigenvalue weighted by Gasteiger charge is 2.17. The number of nitrogens with one attached hydrogen (secondary N) is 1. The predicted molar refractivity (Wildman–Crippen MR) is 65.9 cm³/mol. The van der Waals surface area contributed by atoms with Crippen LogP contribution < -0.4 is 10.9 Å². The third-order valence-electron chi connectivity index (χ3n) is 3.19. The molecule has 1 N–H and O–H groups in total. The van der Waals surface area contributed by atoms with E-state index in [-0.39, 0.29) is 5.56 Å². The lowest BCUT2D eigenvalue weighted by molar-refractivity contribution is 0.358. The lowest BCUT2D eigenvalue weighted by atomic mass is 10.1. The number of aromatic nitrogens is 4. The van der Waals surface area contributed by atoms with Crippen molar-refractivity contribution in [3.63, 3.8) is 0 Å². The third kappa shape index (κ3) is 2.19. The molecule has 0 fully saturated rings. The van der Waals surface area contributed by atoms with Crippen LogP contribution in [0.4, 0.5) is 0 Å². The van der Waals surface area contributed by atoms with E-state index in [1.54, 1.807) is 18.3 Å². The molecule has 1 aliphatic rings. The smallest absolute Gasteiger partial charge is 0.266 e. The standard InChI is InChI=1S/C12H15N5O/c18-12-2-1-3-15-17(12)9-10-6-13-7-11-14-4-5-16(11)8-10/h1-5,10,13H,6-9H2. The second kappa shape index (κ2) is 4.73. The Hall–Kier alpha value is -1.95. The Kier molecular flexibility index (Phi) is 2.93. The van der Waals surface area contributed by atoms with Gasteiger partial charge in [-0.05, 0) is 6.07 Å². The molecular formula is C12H15N5O. The van der Waals surface area contributed by atoms with Gasteiger partial charge in [0.25, 0.3) is 5.56 Å². The van der Waals surface area contributed by atoms with Crippen molar-refractivity contribution in [1.29, 1.82) is 0 Å². The number of imidazole rings is 1. The zero-order valence-corrected chi connectivity index (χ0v) is 9.99. The van der Waals surface area contributed by atoms with Crippen LogP contribution in [0.5, 0.6) is 0 Å². The van der Waals surface area contributed by atoms with Gasteiger partial charge in [-0.1, -0.05) is 0 Å². The van der Waals surface area contributed by atoms with E-state index in [9.17, 15) is 4.79 Å². The van der Waals surface area contributed by atoms with E-state index < -0.39 is 0 Å². The van der Waals surface area contributed by atoms with Gasteiger partial charge in [-0.2, -0.15) is 5.10 Å². The van der Waals surface area contributed by atoms with Gasteiger partial charge in [-0.3, -0.25) is 4.79 Å². The van der Waals surface area contributed by atoms with Crippen molar-refractivity contribution in [3.8, 4) is 0 Å².